The molecule has 0 aliphatic heterocycles. The maximum atomic E-state index is 12.9. The van der Waals surface area contributed by atoms with E-state index in [1.165, 1.54) is 24.3 Å². The molecule has 0 aliphatic rings. The predicted molar refractivity (Wildman–Crippen MR) is 99.4 cm³/mol. The second-order valence-electron chi connectivity index (χ2n) is 5.59. The highest BCUT2D eigenvalue weighted by Crippen LogP contribution is 2.29. The van der Waals surface area contributed by atoms with Crippen LogP contribution in [-0.4, -0.2) is 24.2 Å². The normalized spacial score (nSPS) is 11.2. The molecule has 0 spiro atoms. The smallest absolute Gasteiger partial charge is 0.269 e. The van der Waals surface area contributed by atoms with Crippen molar-refractivity contribution in [1.29, 1.82) is 0 Å². The van der Waals surface area contributed by atoms with Crippen molar-refractivity contribution in [3.05, 3.63) is 76.2 Å². The van der Waals surface area contributed by atoms with Crippen molar-refractivity contribution in [1.82, 2.24) is 4.98 Å². The minimum Gasteiger partial charge on any atom is -0.302 e. The quantitative estimate of drug-likeness (QED) is 0.482. The SMILES string of the molecule is O=C(Cc1ccc(F)cc1)Nc1ncc(S(=O)(=O)c2ccc([N+](=O)[O-])cc2)s1. The van der Waals surface area contributed by atoms with Gasteiger partial charge in [-0.1, -0.05) is 23.5 Å². The highest BCUT2D eigenvalue weighted by Gasteiger charge is 2.22. The lowest BCUT2D eigenvalue weighted by molar-refractivity contribution is -0.384. The number of aromatic nitrogens is 1. The summed E-state index contributed by atoms with van der Waals surface area (Å²) in [6.07, 6.45) is 1.08. The van der Waals surface area contributed by atoms with Gasteiger partial charge >= 0.3 is 0 Å². The van der Waals surface area contributed by atoms with Crippen LogP contribution in [0.4, 0.5) is 15.2 Å². The van der Waals surface area contributed by atoms with Crippen LogP contribution in [0, 0.1) is 15.9 Å². The zero-order chi connectivity index (χ0) is 20.3. The Morgan fingerprint density at radius 1 is 1.14 bits per heavy atom. The number of nitrogens with zero attached hydrogens (tertiary/aromatic N) is 2. The summed E-state index contributed by atoms with van der Waals surface area (Å²) < 4.78 is 38.0. The largest absolute Gasteiger partial charge is 0.302 e. The number of hydrogen-bond acceptors (Lipinski definition) is 7. The number of anilines is 1. The first kappa shape index (κ1) is 19.6. The van der Waals surface area contributed by atoms with E-state index in [2.05, 4.69) is 10.3 Å². The number of benzene rings is 2. The second-order valence-corrected chi connectivity index (χ2v) is 8.80. The third kappa shape index (κ3) is 4.38. The number of amides is 1. The molecule has 1 amide bonds. The molecule has 8 nitrogen and oxygen atoms in total. The average molecular weight is 421 g/mol. The Balaban J connectivity index is 1.72. The summed E-state index contributed by atoms with van der Waals surface area (Å²) in [5.41, 5.74) is 0.367. The van der Waals surface area contributed by atoms with Gasteiger partial charge < -0.3 is 5.32 Å². The second kappa shape index (κ2) is 7.82. The van der Waals surface area contributed by atoms with Gasteiger partial charge in [-0.25, -0.2) is 17.8 Å². The summed E-state index contributed by atoms with van der Waals surface area (Å²) >= 11 is 0.762. The van der Waals surface area contributed by atoms with E-state index >= 15 is 0 Å². The monoisotopic (exact) mass is 421 g/mol. The van der Waals surface area contributed by atoms with Crippen molar-refractivity contribution in [2.24, 2.45) is 0 Å². The molecule has 11 heteroatoms. The van der Waals surface area contributed by atoms with E-state index in [1.807, 2.05) is 0 Å². The Morgan fingerprint density at radius 3 is 2.39 bits per heavy atom. The lowest BCUT2D eigenvalue weighted by atomic mass is 10.1. The first-order valence-corrected chi connectivity index (χ1v) is 10.1. The number of nitro groups is 1. The minimum absolute atomic E-state index is 0.0235. The van der Waals surface area contributed by atoms with Gasteiger partial charge in [0.05, 0.1) is 22.4 Å². The minimum atomic E-state index is -3.92. The summed E-state index contributed by atoms with van der Waals surface area (Å²) in [5, 5.41) is 13.3. The van der Waals surface area contributed by atoms with Gasteiger partial charge in [0.15, 0.2) is 5.13 Å². The molecule has 0 unspecified atom stereocenters. The number of sulfone groups is 1. The van der Waals surface area contributed by atoms with Gasteiger partial charge in [0, 0.05) is 12.1 Å². The number of nitrogens with one attached hydrogen (secondary N) is 1. The van der Waals surface area contributed by atoms with Crippen LogP contribution in [0.1, 0.15) is 5.56 Å². The van der Waals surface area contributed by atoms with Gasteiger partial charge in [-0.2, -0.15) is 0 Å². The van der Waals surface area contributed by atoms with E-state index in [9.17, 15) is 27.7 Å². The number of rotatable bonds is 6. The number of non-ortho nitro benzene ring substituents is 1. The van der Waals surface area contributed by atoms with Crippen LogP contribution in [0.15, 0.2) is 63.8 Å². The standard InChI is InChI=1S/C17H12FN3O5S2/c18-12-3-1-11(2-4-12)9-15(22)20-17-19-10-16(27-17)28(25,26)14-7-5-13(6-8-14)21(23)24/h1-8,10H,9H2,(H,19,20,22). The van der Waals surface area contributed by atoms with Crippen molar-refractivity contribution in [2.75, 3.05) is 5.32 Å². The topological polar surface area (TPSA) is 119 Å². The van der Waals surface area contributed by atoms with Gasteiger partial charge in [0.1, 0.15) is 10.0 Å². The van der Waals surface area contributed by atoms with Crippen molar-refractivity contribution in [2.45, 2.75) is 15.5 Å². The number of halogens is 1. The maximum Gasteiger partial charge on any atom is 0.269 e. The molecule has 3 rings (SSSR count). The third-order valence-corrected chi connectivity index (χ3v) is 6.78. The van der Waals surface area contributed by atoms with Gasteiger partial charge in [-0.15, -0.1) is 0 Å². The Bertz CT molecular complexity index is 1130. The van der Waals surface area contributed by atoms with Crippen LogP contribution in [0.3, 0.4) is 0 Å². The van der Waals surface area contributed by atoms with E-state index in [0.29, 0.717) is 5.56 Å². The number of nitro benzene ring substituents is 1. The molecule has 1 aromatic heterocycles. The maximum absolute atomic E-state index is 12.9. The van der Waals surface area contributed by atoms with Crippen LogP contribution in [0.5, 0.6) is 0 Å². The molecule has 1 heterocycles. The lowest BCUT2D eigenvalue weighted by Crippen LogP contribution is -2.14. The summed E-state index contributed by atoms with van der Waals surface area (Å²) in [4.78, 5) is 25.9. The fraction of sp³-hybridized carbons (Fsp3) is 0.0588. The van der Waals surface area contributed by atoms with Gasteiger partial charge in [0.25, 0.3) is 5.69 Å². The Labute approximate surface area is 162 Å². The first-order valence-electron chi connectivity index (χ1n) is 7.75. The number of thiazole rings is 1. The molecule has 0 aliphatic carbocycles. The van der Waals surface area contributed by atoms with Crippen LogP contribution in [0.2, 0.25) is 0 Å². The van der Waals surface area contributed by atoms with Crippen LogP contribution in [0.25, 0.3) is 0 Å². The molecule has 2 aromatic carbocycles. The Hall–Kier alpha value is -3.18. The van der Waals surface area contributed by atoms with E-state index < -0.39 is 26.5 Å². The molecule has 144 valence electrons. The molecular formula is C17H12FN3O5S2. The molecule has 0 atom stereocenters. The van der Waals surface area contributed by atoms with E-state index in [0.717, 1.165) is 41.8 Å². The molecule has 0 saturated heterocycles. The molecule has 1 N–H and O–H groups in total. The molecule has 3 aromatic rings. The van der Waals surface area contributed by atoms with Crippen molar-refractivity contribution < 1.29 is 22.5 Å². The molecule has 0 radical (unpaired) electrons. The van der Waals surface area contributed by atoms with Crippen molar-refractivity contribution in [3.8, 4) is 0 Å². The fourth-order valence-electron chi connectivity index (χ4n) is 2.26. The van der Waals surface area contributed by atoms with Crippen LogP contribution >= 0.6 is 11.3 Å². The molecule has 0 bridgehead atoms. The van der Waals surface area contributed by atoms with Crippen molar-refractivity contribution >= 4 is 37.9 Å². The molecular weight excluding hydrogens is 409 g/mol. The lowest BCUT2D eigenvalue weighted by Gasteiger charge is -2.02. The van der Waals surface area contributed by atoms with Crippen molar-refractivity contribution in [3.63, 3.8) is 0 Å². The van der Waals surface area contributed by atoms with E-state index in [1.54, 1.807) is 0 Å². The van der Waals surface area contributed by atoms with E-state index in [-0.39, 0.29) is 26.3 Å². The number of hydrogen-bond donors (Lipinski definition) is 1. The first-order chi connectivity index (χ1) is 13.3. The zero-order valence-corrected chi connectivity index (χ0v) is 15.7. The zero-order valence-electron chi connectivity index (χ0n) is 14.0. The average Bonchev–Trinajstić information content (AvgIpc) is 3.13. The fourth-order valence-corrected chi connectivity index (χ4v) is 4.70. The Morgan fingerprint density at radius 2 is 1.79 bits per heavy atom. The summed E-state index contributed by atoms with van der Waals surface area (Å²) in [6.45, 7) is 0. The highest BCUT2D eigenvalue weighted by molar-refractivity contribution is 7.93. The Kier molecular flexibility index (Phi) is 5.47. The van der Waals surface area contributed by atoms with Gasteiger partial charge in [-0.3, -0.25) is 14.9 Å². The summed E-state index contributed by atoms with van der Waals surface area (Å²) in [6, 6.07) is 9.89. The molecule has 0 fully saturated rings. The van der Waals surface area contributed by atoms with Gasteiger partial charge in [-0.05, 0) is 29.8 Å². The third-order valence-electron chi connectivity index (χ3n) is 3.63. The molecule has 28 heavy (non-hydrogen) atoms. The number of carbonyl (C=O) groups excluding carboxylic acids is 1. The number of carbonyl (C=O) groups is 1. The highest BCUT2D eigenvalue weighted by atomic mass is 32.2. The summed E-state index contributed by atoms with van der Waals surface area (Å²) in [7, 11) is -3.92. The molecule has 0 saturated carbocycles. The summed E-state index contributed by atoms with van der Waals surface area (Å²) in [5.74, 6) is -0.842. The van der Waals surface area contributed by atoms with Gasteiger partial charge in [0.2, 0.25) is 15.7 Å². The van der Waals surface area contributed by atoms with Crippen LogP contribution < -0.4 is 5.32 Å². The van der Waals surface area contributed by atoms with Crippen LogP contribution in [-0.2, 0) is 21.1 Å². The van der Waals surface area contributed by atoms with E-state index in [4.69, 9.17) is 0 Å². The predicted octanol–water partition coefficient (Wildman–Crippen LogP) is 3.20.